The van der Waals surface area contributed by atoms with Crippen LogP contribution in [0.25, 0.3) is 21.7 Å². The predicted molar refractivity (Wildman–Crippen MR) is 108 cm³/mol. The van der Waals surface area contributed by atoms with Crippen molar-refractivity contribution < 1.29 is 14.2 Å². The number of benzene rings is 2. The standard InChI is InChI=1S/C21H21N5OS/c1-2-6-16(7-3-1)21-24-23-19(27-21)14-25-10-12-26(13-11-25)15-20-22-17-8-4-5-9-18(17)28-20/h1-9H,10-15H2/p+2. The van der Waals surface area contributed by atoms with Crippen molar-refractivity contribution >= 4 is 21.6 Å². The smallest absolute Gasteiger partial charge is 0.271 e. The van der Waals surface area contributed by atoms with Crippen LogP contribution in [0.15, 0.2) is 59.0 Å². The minimum atomic E-state index is 0.607. The van der Waals surface area contributed by atoms with Gasteiger partial charge in [0.1, 0.15) is 37.7 Å². The average Bonchev–Trinajstić information content (AvgIpc) is 3.36. The predicted octanol–water partition coefficient (Wildman–Crippen LogP) is 0.830. The first-order valence-corrected chi connectivity index (χ1v) is 10.5. The Morgan fingerprint density at radius 3 is 2.32 bits per heavy atom. The molecule has 142 valence electrons. The molecule has 1 aliphatic rings. The molecule has 0 radical (unpaired) electrons. The van der Waals surface area contributed by atoms with E-state index in [1.165, 1.54) is 14.6 Å². The summed E-state index contributed by atoms with van der Waals surface area (Å²) in [5.41, 5.74) is 2.10. The van der Waals surface area contributed by atoms with Crippen LogP contribution in [-0.2, 0) is 13.1 Å². The van der Waals surface area contributed by atoms with E-state index in [2.05, 4.69) is 34.5 Å². The zero-order valence-corrected chi connectivity index (χ0v) is 16.4. The lowest BCUT2D eigenvalue weighted by Crippen LogP contribution is -3.27. The lowest BCUT2D eigenvalue weighted by atomic mass is 10.2. The Bertz CT molecular complexity index is 1020. The van der Waals surface area contributed by atoms with Gasteiger partial charge in [0.15, 0.2) is 6.54 Å². The summed E-state index contributed by atoms with van der Waals surface area (Å²) >= 11 is 1.82. The number of nitrogens with zero attached hydrogens (tertiary/aromatic N) is 3. The van der Waals surface area contributed by atoms with Gasteiger partial charge in [-0.15, -0.1) is 21.5 Å². The molecule has 0 aliphatic carbocycles. The fraction of sp³-hybridized carbons (Fsp3) is 0.286. The van der Waals surface area contributed by atoms with Gasteiger partial charge in [-0.3, -0.25) is 0 Å². The van der Waals surface area contributed by atoms with Crippen molar-refractivity contribution in [3.05, 3.63) is 65.5 Å². The molecule has 1 fully saturated rings. The minimum absolute atomic E-state index is 0.607. The number of quaternary nitrogens is 2. The number of para-hydroxylation sites is 1. The monoisotopic (exact) mass is 393 g/mol. The highest BCUT2D eigenvalue weighted by Crippen LogP contribution is 2.20. The summed E-state index contributed by atoms with van der Waals surface area (Å²) in [5, 5.41) is 9.69. The second-order valence-corrected chi connectivity index (χ2v) is 8.41. The van der Waals surface area contributed by atoms with Crippen molar-refractivity contribution in [1.82, 2.24) is 15.2 Å². The molecule has 0 bridgehead atoms. The van der Waals surface area contributed by atoms with E-state index < -0.39 is 0 Å². The van der Waals surface area contributed by atoms with Crippen LogP contribution < -0.4 is 9.80 Å². The van der Waals surface area contributed by atoms with Crippen LogP contribution in [-0.4, -0.2) is 41.4 Å². The van der Waals surface area contributed by atoms with Gasteiger partial charge >= 0.3 is 0 Å². The molecule has 3 heterocycles. The summed E-state index contributed by atoms with van der Waals surface area (Å²) in [7, 11) is 0. The average molecular weight is 394 g/mol. The summed E-state index contributed by atoms with van der Waals surface area (Å²) in [6.07, 6.45) is 0. The third kappa shape index (κ3) is 3.82. The molecule has 1 saturated heterocycles. The SMILES string of the molecule is c1ccc(-c2nnc(C[NH+]3CC[NH+](Cc4nc5ccccc5s4)CC3)o2)cc1. The summed E-state index contributed by atoms with van der Waals surface area (Å²) in [5.74, 6) is 1.33. The molecule has 2 N–H and O–H groups in total. The van der Waals surface area contributed by atoms with Crippen molar-refractivity contribution in [3.63, 3.8) is 0 Å². The van der Waals surface area contributed by atoms with Crippen LogP contribution in [0.5, 0.6) is 0 Å². The fourth-order valence-electron chi connectivity index (χ4n) is 3.76. The zero-order chi connectivity index (χ0) is 18.8. The van der Waals surface area contributed by atoms with E-state index >= 15 is 0 Å². The summed E-state index contributed by atoms with van der Waals surface area (Å²) in [6, 6.07) is 18.3. The van der Waals surface area contributed by atoms with Crippen molar-refractivity contribution in [1.29, 1.82) is 0 Å². The van der Waals surface area contributed by atoms with E-state index in [9.17, 15) is 0 Å². The van der Waals surface area contributed by atoms with Gasteiger partial charge < -0.3 is 14.2 Å². The molecule has 5 rings (SSSR count). The lowest BCUT2D eigenvalue weighted by Gasteiger charge is -2.28. The van der Waals surface area contributed by atoms with E-state index in [0.29, 0.717) is 5.89 Å². The second-order valence-electron chi connectivity index (χ2n) is 7.30. The highest BCUT2D eigenvalue weighted by Gasteiger charge is 2.25. The summed E-state index contributed by atoms with van der Waals surface area (Å²) in [6.45, 7) is 6.34. The second kappa shape index (κ2) is 7.79. The van der Waals surface area contributed by atoms with E-state index in [1.807, 2.05) is 41.7 Å². The number of hydrogen-bond donors (Lipinski definition) is 2. The Morgan fingerprint density at radius 2 is 1.54 bits per heavy atom. The number of hydrogen-bond acceptors (Lipinski definition) is 5. The number of aromatic nitrogens is 3. The van der Waals surface area contributed by atoms with Crippen LogP contribution in [0.2, 0.25) is 0 Å². The van der Waals surface area contributed by atoms with Gasteiger partial charge in [-0.2, -0.15) is 0 Å². The maximum Gasteiger partial charge on any atom is 0.271 e. The van der Waals surface area contributed by atoms with Crippen molar-refractivity contribution in [3.8, 4) is 11.5 Å². The van der Waals surface area contributed by atoms with Crippen molar-refractivity contribution in [2.24, 2.45) is 0 Å². The molecule has 2 aromatic heterocycles. The number of nitrogens with one attached hydrogen (secondary N) is 2. The first-order chi connectivity index (χ1) is 13.8. The molecule has 0 spiro atoms. The number of thiazole rings is 1. The first kappa shape index (κ1) is 17.5. The molecular weight excluding hydrogens is 370 g/mol. The molecule has 6 nitrogen and oxygen atoms in total. The molecule has 7 heteroatoms. The van der Waals surface area contributed by atoms with E-state index in [-0.39, 0.29) is 0 Å². The van der Waals surface area contributed by atoms with Crippen molar-refractivity contribution in [2.45, 2.75) is 13.1 Å². The highest BCUT2D eigenvalue weighted by molar-refractivity contribution is 7.18. The molecule has 0 atom stereocenters. The summed E-state index contributed by atoms with van der Waals surface area (Å²) in [4.78, 5) is 7.90. The fourth-order valence-corrected chi connectivity index (χ4v) is 4.80. The molecular formula is C21H23N5OS+2. The Hall–Kier alpha value is -2.61. The van der Waals surface area contributed by atoms with Gasteiger partial charge in [-0.1, -0.05) is 30.3 Å². The maximum atomic E-state index is 5.87. The Labute approximate surface area is 167 Å². The van der Waals surface area contributed by atoms with Crippen LogP contribution in [0.3, 0.4) is 0 Å². The van der Waals surface area contributed by atoms with Crippen LogP contribution in [0, 0.1) is 0 Å². The summed E-state index contributed by atoms with van der Waals surface area (Å²) < 4.78 is 7.15. The van der Waals surface area contributed by atoms with Gasteiger partial charge in [0.2, 0.25) is 5.89 Å². The number of piperazine rings is 1. The third-order valence-corrected chi connectivity index (χ3v) is 6.33. The first-order valence-electron chi connectivity index (χ1n) is 9.73. The molecule has 0 unspecified atom stereocenters. The van der Waals surface area contributed by atoms with Gasteiger partial charge in [0, 0.05) is 5.56 Å². The lowest BCUT2D eigenvalue weighted by molar-refractivity contribution is -1.02. The van der Waals surface area contributed by atoms with Crippen LogP contribution >= 0.6 is 11.3 Å². The third-order valence-electron chi connectivity index (χ3n) is 5.29. The Morgan fingerprint density at radius 1 is 0.821 bits per heavy atom. The molecule has 0 amide bonds. The number of rotatable bonds is 5. The molecule has 2 aromatic carbocycles. The molecule has 28 heavy (non-hydrogen) atoms. The van der Waals surface area contributed by atoms with Gasteiger partial charge in [-0.25, -0.2) is 4.98 Å². The number of fused-ring (bicyclic) bond motifs is 1. The van der Waals surface area contributed by atoms with Crippen molar-refractivity contribution in [2.75, 3.05) is 26.2 Å². The molecule has 0 saturated carbocycles. The van der Waals surface area contributed by atoms with E-state index in [0.717, 1.165) is 56.2 Å². The quantitative estimate of drug-likeness (QED) is 0.527. The van der Waals surface area contributed by atoms with Gasteiger partial charge in [0.05, 0.1) is 10.2 Å². The zero-order valence-electron chi connectivity index (χ0n) is 15.6. The van der Waals surface area contributed by atoms with Gasteiger partial charge in [0.25, 0.3) is 5.89 Å². The van der Waals surface area contributed by atoms with E-state index in [1.54, 1.807) is 4.90 Å². The van der Waals surface area contributed by atoms with E-state index in [4.69, 9.17) is 9.40 Å². The normalized spacial score (nSPS) is 19.9. The highest BCUT2D eigenvalue weighted by atomic mass is 32.1. The molecule has 4 aromatic rings. The van der Waals surface area contributed by atoms with Gasteiger partial charge in [-0.05, 0) is 24.3 Å². The maximum absolute atomic E-state index is 5.87. The minimum Gasteiger partial charge on any atom is -0.415 e. The largest absolute Gasteiger partial charge is 0.415 e. The Kier molecular flexibility index (Phi) is 4.86. The van der Waals surface area contributed by atoms with Crippen LogP contribution in [0.1, 0.15) is 10.9 Å². The topological polar surface area (TPSA) is 60.7 Å². The Balaban J connectivity index is 1.16. The van der Waals surface area contributed by atoms with Crippen LogP contribution in [0.4, 0.5) is 0 Å². The molecule has 1 aliphatic heterocycles.